The van der Waals surface area contributed by atoms with Gasteiger partial charge in [-0.2, -0.15) is 0 Å². The molecule has 4 rings (SSSR count). The highest BCUT2D eigenvalue weighted by Crippen LogP contribution is 2.29. The second-order valence-electron chi connectivity index (χ2n) is 7.00. The van der Waals surface area contributed by atoms with E-state index in [0.29, 0.717) is 6.54 Å². The average molecular weight is 376 g/mol. The third kappa shape index (κ3) is 3.76. The molecule has 0 saturated heterocycles. The van der Waals surface area contributed by atoms with E-state index in [1.165, 1.54) is 0 Å². The van der Waals surface area contributed by atoms with Crippen LogP contribution in [-0.4, -0.2) is 27.8 Å². The van der Waals surface area contributed by atoms with E-state index in [1.54, 1.807) is 7.11 Å². The minimum atomic E-state index is -0.291. The Morgan fingerprint density at radius 3 is 2.64 bits per heavy atom. The van der Waals surface area contributed by atoms with E-state index >= 15 is 0 Å². The topological polar surface area (TPSA) is 69.0 Å². The SMILES string of the molecule is COc1ccc(CNC(=O)C2CCCCc3nnc(-c4ccccc4)n32)cc1. The number of fused-ring (bicyclic) bond motifs is 1. The lowest BCUT2D eigenvalue weighted by Crippen LogP contribution is -2.32. The van der Waals surface area contributed by atoms with Crippen molar-refractivity contribution >= 4 is 5.91 Å². The molecule has 1 aromatic heterocycles. The van der Waals surface area contributed by atoms with Crippen molar-refractivity contribution in [2.75, 3.05) is 7.11 Å². The molecule has 6 nitrogen and oxygen atoms in total. The van der Waals surface area contributed by atoms with Gasteiger partial charge in [0.15, 0.2) is 5.82 Å². The Kier molecular flexibility index (Phi) is 5.37. The molecule has 1 atom stereocenters. The fourth-order valence-corrected chi connectivity index (χ4v) is 3.65. The van der Waals surface area contributed by atoms with Crippen molar-refractivity contribution in [2.24, 2.45) is 0 Å². The molecule has 0 saturated carbocycles. The summed E-state index contributed by atoms with van der Waals surface area (Å²) in [4.78, 5) is 13.1. The zero-order chi connectivity index (χ0) is 19.3. The third-order valence-electron chi connectivity index (χ3n) is 5.17. The van der Waals surface area contributed by atoms with Gasteiger partial charge in [0.1, 0.15) is 17.6 Å². The molecule has 1 aliphatic heterocycles. The van der Waals surface area contributed by atoms with E-state index in [9.17, 15) is 4.79 Å². The Labute approximate surface area is 164 Å². The molecule has 0 spiro atoms. The van der Waals surface area contributed by atoms with Crippen molar-refractivity contribution in [2.45, 2.75) is 38.3 Å². The molecule has 0 aliphatic carbocycles. The summed E-state index contributed by atoms with van der Waals surface area (Å²) in [5, 5.41) is 11.9. The van der Waals surface area contributed by atoms with Crippen LogP contribution in [-0.2, 0) is 17.8 Å². The van der Waals surface area contributed by atoms with Crippen LogP contribution in [0.4, 0.5) is 0 Å². The van der Waals surface area contributed by atoms with Gasteiger partial charge in [-0.3, -0.25) is 9.36 Å². The molecule has 2 aromatic carbocycles. The summed E-state index contributed by atoms with van der Waals surface area (Å²) in [6.45, 7) is 0.484. The number of nitrogens with one attached hydrogen (secondary N) is 1. The van der Waals surface area contributed by atoms with Crippen molar-refractivity contribution in [3.8, 4) is 17.1 Å². The molecule has 0 fully saturated rings. The van der Waals surface area contributed by atoms with Gasteiger partial charge in [-0.05, 0) is 30.5 Å². The number of aromatic nitrogens is 3. The van der Waals surface area contributed by atoms with Crippen molar-refractivity contribution in [3.63, 3.8) is 0 Å². The number of rotatable bonds is 5. The smallest absolute Gasteiger partial charge is 0.243 e. The minimum absolute atomic E-state index is 0.0101. The van der Waals surface area contributed by atoms with Crippen LogP contribution in [0.15, 0.2) is 54.6 Å². The van der Waals surface area contributed by atoms with Gasteiger partial charge in [-0.15, -0.1) is 10.2 Å². The molecule has 0 bridgehead atoms. The second kappa shape index (κ2) is 8.25. The van der Waals surface area contributed by atoms with Gasteiger partial charge in [0.2, 0.25) is 5.91 Å². The van der Waals surface area contributed by atoms with E-state index < -0.39 is 0 Å². The maximum absolute atomic E-state index is 13.1. The number of ether oxygens (including phenoxy) is 1. The quantitative estimate of drug-likeness (QED) is 0.739. The molecule has 6 heteroatoms. The lowest BCUT2D eigenvalue weighted by Gasteiger charge is -2.20. The van der Waals surface area contributed by atoms with E-state index in [0.717, 1.165) is 54.2 Å². The highest BCUT2D eigenvalue weighted by atomic mass is 16.5. The average Bonchev–Trinajstić information content (AvgIpc) is 3.05. The van der Waals surface area contributed by atoms with Crippen molar-refractivity contribution in [1.82, 2.24) is 20.1 Å². The third-order valence-corrected chi connectivity index (χ3v) is 5.17. The number of benzene rings is 2. The van der Waals surface area contributed by atoms with Crippen LogP contribution in [0.5, 0.6) is 5.75 Å². The van der Waals surface area contributed by atoms with Gasteiger partial charge >= 0.3 is 0 Å². The molecule has 1 aliphatic rings. The Morgan fingerprint density at radius 2 is 1.89 bits per heavy atom. The van der Waals surface area contributed by atoms with E-state index in [4.69, 9.17) is 4.74 Å². The summed E-state index contributed by atoms with van der Waals surface area (Å²) in [5.41, 5.74) is 2.02. The minimum Gasteiger partial charge on any atom is -0.497 e. The summed E-state index contributed by atoms with van der Waals surface area (Å²) in [6, 6.07) is 17.4. The molecule has 0 radical (unpaired) electrons. The summed E-state index contributed by atoms with van der Waals surface area (Å²) < 4.78 is 7.22. The molecule has 2 heterocycles. The lowest BCUT2D eigenvalue weighted by atomic mass is 10.1. The lowest BCUT2D eigenvalue weighted by molar-refractivity contribution is -0.124. The number of carbonyl (C=O) groups excluding carboxylic acids is 1. The van der Waals surface area contributed by atoms with Gasteiger partial charge in [0, 0.05) is 18.5 Å². The first-order valence-corrected chi connectivity index (χ1v) is 9.66. The molecule has 28 heavy (non-hydrogen) atoms. The maximum Gasteiger partial charge on any atom is 0.243 e. The summed E-state index contributed by atoms with van der Waals surface area (Å²) in [6.07, 6.45) is 3.66. The molecular formula is C22H24N4O2. The summed E-state index contributed by atoms with van der Waals surface area (Å²) in [5.74, 6) is 2.47. The fraction of sp³-hybridized carbons (Fsp3) is 0.318. The number of hydrogen-bond acceptors (Lipinski definition) is 4. The molecule has 1 unspecified atom stereocenters. The number of amides is 1. The van der Waals surface area contributed by atoms with Crippen LogP contribution in [0, 0.1) is 0 Å². The van der Waals surface area contributed by atoms with Gasteiger partial charge in [-0.25, -0.2) is 0 Å². The van der Waals surface area contributed by atoms with E-state index in [1.807, 2.05) is 59.2 Å². The molecule has 1 N–H and O–H groups in total. The Bertz CT molecular complexity index is 935. The zero-order valence-electron chi connectivity index (χ0n) is 16.0. The first kappa shape index (κ1) is 18.2. The molecule has 3 aromatic rings. The number of aryl methyl sites for hydroxylation is 1. The summed E-state index contributed by atoms with van der Waals surface area (Å²) in [7, 11) is 1.64. The van der Waals surface area contributed by atoms with Crippen LogP contribution in [0.25, 0.3) is 11.4 Å². The largest absolute Gasteiger partial charge is 0.497 e. The predicted molar refractivity (Wildman–Crippen MR) is 107 cm³/mol. The number of carbonyl (C=O) groups is 1. The Balaban J connectivity index is 1.56. The zero-order valence-corrected chi connectivity index (χ0v) is 16.0. The predicted octanol–water partition coefficient (Wildman–Crippen LogP) is 3.54. The van der Waals surface area contributed by atoms with Crippen molar-refractivity contribution in [1.29, 1.82) is 0 Å². The van der Waals surface area contributed by atoms with Crippen LogP contribution in [0.3, 0.4) is 0 Å². The number of methoxy groups -OCH3 is 1. The molecule has 1 amide bonds. The second-order valence-corrected chi connectivity index (χ2v) is 7.00. The van der Waals surface area contributed by atoms with Gasteiger partial charge < -0.3 is 10.1 Å². The van der Waals surface area contributed by atoms with Gasteiger partial charge in [-0.1, -0.05) is 48.9 Å². The van der Waals surface area contributed by atoms with Crippen molar-refractivity contribution < 1.29 is 9.53 Å². The fourth-order valence-electron chi connectivity index (χ4n) is 3.65. The van der Waals surface area contributed by atoms with Crippen LogP contribution in [0.2, 0.25) is 0 Å². The van der Waals surface area contributed by atoms with Gasteiger partial charge in [0.25, 0.3) is 0 Å². The van der Waals surface area contributed by atoms with Gasteiger partial charge in [0.05, 0.1) is 7.11 Å². The first-order valence-electron chi connectivity index (χ1n) is 9.66. The molecule has 144 valence electrons. The highest BCUT2D eigenvalue weighted by Gasteiger charge is 2.28. The van der Waals surface area contributed by atoms with E-state index in [2.05, 4.69) is 15.5 Å². The standard InChI is InChI=1S/C22H24N4O2/c1-28-18-13-11-16(12-14-18)15-23-22(27)19-9-5-6-10-20-24-25-21(26(19)20)17-7-3-2-4-8-17/h2-4,7-8,11-14,19H,5-6,9-10,15H2,1H3,(H,23,27). The van der Waals surface area contributed by atoms with Crippen LogP contribution < -0.4 is 10.1 Å². The Hall–Kier alpha value is -3.15. The molecular weight excluding hydrogens is 352 g/mol. The van der Waals surface area contributed by atoms with Crippen LogP contribution >= 0.6 is 0 Å². The Morgan fingerprint density at radius 1 is 1.11 bits per heavy atom. The monoisotopic (exact) mass is 376 g/mol. The normalized spacial score (nSPS) is 16.1. The van der Waals surface area contributed by atoms with Crippen LogP contribution in [0.1, 0.15) is 36.7 Å². The van der Waals surface area contributed by atoms with Crippen molar-refractivity contribution in [3.05, 3.63) is 66.0 Å². The van der Waals surface area contributed by atoms with E-state index in [-0.39, 0.29) is 11.9 Å². The first-order chi connectivity index (χ1) is 13.8. The summed E-state index contributed by atoms with van der Waals surface area (Å²) >= 11 is 0. The maximum atomic E-state index is 13.1. The number of hydrogen-bond donors (Lipinski definition) is 1. The highest BCUT2D eigenvalue weighted by molar-refractivity contribution is 5.81. The number of nitrogens with zero attached hydrogens (tertiary/aromatic N) is 3.